The number of amides is 2. The van der Waals surface area contributed by atoms with Gasteiger partial charge in [0, 0.05) is 11.8 Å². The van der Waals surface area contributed by atoms with Gasteiger partial charge in [-0.25, -0.2) is 9.67 Å². The van der Waals surface area contributed by atoms with Crippen LogP contribution in [-0.4, -0.2) is 32.3 Å². The Kier molecular flexibility index (Phi) is 6.03. The predicted molar refractivity (Wildman–Crippen MR) is 115 cm³/mol. The maximum Gasteiger partial charge on any atom is 0.251 e. The smallest absolute Gasteiger partial charge is 0.251 e. The quantitative estimate of drug-likeness (QED) is 0.608. The first-order chi connectivity index (χ1) is 13.8. The molecule has 7 nitrogen and oxygen atoms in total. The Hall–Kier alpha value is -3.13. The van der Waals surface area contributed by atoms with E-state index in [2.05, 4.69) is 15.4 Å². The third-order valence-electron chi connectivity index (χ3n) is 4.65. The Balaban J connectivity index is 1.78. The van der Waals surface area contributed by atoms with E-state index in [9.17, 15) is 9.59 Å². The number of nitrogens with two attached hydrogens (primary N) is 1. The molecule has 0 radical (unpaired) electrons. The van der Waals surface area contributed by atoms with Gasteiger partial charge in [-0.1, -0.05) is 30.0 Å². The summed E-state index contributed by atoms with van der Waals surface area (Å²) >= 11 is 1.19. The molecule has 3 rings (SSSR count). The Morgan fingerprint density at radius 2 is 1.79 bits per heavy atom. The molecule has 29 heavy (non-hydrogen) atoms. The number of carbonyl (C=O) groups is 2. The Bertz CT molecular complexity index is 1080. The lowest BCUT2D eigenvalue weighted by Crippen LogP contribution is -2.19. The first kappa shape index (κ1) is 20.6. The van der Waals surface area contributed by atoms with E-state index >= 15 is 0 Å². The van der Waals surface area contributed by atoms with Gasteiger partial charge in [-0.2, -0.15) is 5.10 Å². The van der Waals surface area contributed by atoms with Gasteiger partial charge >= 0.3 is 0 Å². The molecule has 3 N–H and O–H groups in total. The van der Waals surface area contributed by atoms with Crippen LogP contribution < -0.4 is 11.1 Å². The van der Waals surface area contributed by atoms with E-state index in [1.54, 1.807) is 4.68 Å². The zero-order valence-electron chi connectivity index (χ0n) is 16.8. The first-order valence-corrected chi connectivity index (χ1v) is 10.1. The van der Waals surface area contributed by atoms with E-state index in [4.69, 9.17) is 5.73 Å². The number of primary amides is 1. The van der Waals surface area contributed by atoms with Gasteiger partial charge in [-0.05, 0) is 51.0 Å². The molecular weight excluding hydrogens is 386 g/mol. The summed E-state index contributed by atoms with van der Waals surface area (Å²) < 4.78 is 1.69. The number of pyridine rings is 1. The van der Waals surface area contributed by atoms with Crippen LogP contribution in [0.2, 0.25) is 0 Å². The van der Waals surface area contributed by atoms with Gasteiger partial charge in [-0.15, -0.1) is 0 Å². The van der Waals surface area contributed by atoms with Crippen LogP contribution in [-0.2, 0) is 4.79 Å². The molecule has 2 aromatic heterocycles. The van der Waals surface area contributed by atoms with Crippen LogP contribution >= 0.6 is 11.8 Å². The van der Waals surface area contributed by atoms with Crippen LogP contribution in [0, 0.1) is 27.7 Å². The molecule has 3 aromatic rings. The van der Waals surface area contributed by atoms with Gasteiger partial charge in [0.2, 0.25) is 5.91 Å². The van der Waals surface area contributed by atoms with Crippen molar-refractivity contribution in [1.82, 2.24) is 14.8 Å². The van der Waals surface area contributed by atoms with E-state index in [0.717, 1.165) is 28.2 Å². The number of benzene rings is 1. The molecule has 0 aliphatic carbocycles. The molecule has 2 heterocycles. The maximum absolute atomic E-state index is 12.6. The van der Waals surface area contributed by atoms with Crippen molar-refractivity contribution in [2.75, 3.05) is 11.1 Å². The third-order valence-corrected chi connectivity index (χ3v) is 5.62. The van der Waals surface area contributed by atoms with Crippen LogP contribution in [0.15, 0.2) is 41.4 Å². The van der Waals surface area contributed by atoms with Crippen molar-refractivity contribution in [3.63, 3.8) is 0 Å². The number of nitrogens with zero attached hydrogens (tertiary/aromatic N) is 3. The van der Waals surface area contributed by atoms with Crippen LogP contribution in [0.5, 0.6) is 0 Å². The molecule has 0 aliphatic rings. The van der Waals surface area contributed by atoms with E-state index in [1.807, 2.05) is 64.1 Å². The summed E-state index contributed by atoms with van der Waals surface area (Å²) in [5.41, 5.74) is 10.1. The minimum Gasteiger partial charge on any atom is -0.366 e. The Labute approximate surface area is 173 Å². The van der Waals surface area contributed by atoms with Gasteiger partial charge in [-0.3, -0.25) is 9.59 Å². The minimum atomic E-state index is -0.543. The normalized spacial score (nSPS) is 10.8. The highest BCUT2D eigenvalue weighted by atomic mass is 32.2. The van der Waals surface area contributed by atoms with E-state index in [1.165, 1.54) is 11.8 Å². The molecule has 0 unspecified atom stereocenters. The van der Waals surface area contributed by atoms with Crippen LogP contribution in [0.25, 0.3) is 5.69 Å². The molecule has 0 spiro atoms. The fraction of sp³-hybridized carbons (Fsp3) is 0.238. The third kappa shape index (κ3) is 4.48. The number of hydrogen-bond acceptors (Lipinski definition) is 5. The standard InChI is InChI=1S/C21H23N5O2S/c1-12-10-17(26(25-12)16-8-6-5-7-9-16)24-18(27)11-29-21-19(20(22)28)14(3)13(2)15(4)23-21/h5-10H,11H2,1-4H3,(H2,22,28)(H,24,27). The Morgan fingerprint density at radius 1 is 1.10 bits per heavy atom. The number of rotatable bonds is 6. The van der Waals surface area contributed by atoms with E-state index in [-0.39, 0.29) is 11.7 Å². The number of carbonyl (C=O) groups excluding carboxylic acids is 2. The molecule has 8 heteroatoms. The summed E-state index contributed by atoms with van der Waals surface area (Å²) in [6, 6.07) is 11.4. The van der Waals surface area contributed by atoms with Crippen molar-refractivity contribution in [2.24, 2.45) is 5.73 Å². The molecule has 0 saturated carbocycles. The summed E-state index contributed by atoms with van der Waals surface area (Å²) in [5, 5.41) is 7.80. The van der Waals surface area contributed by atoms with Crippen molar-refractivity contribution in [3.8, 4) is 5.69 Å². The number of aryl methyl sites for hydroxylation is 2. The van der Waals surface area contributed by atoms with Gasteiger partial charge in [0.05, 0.1) is 22.7 Å². The van der Waals surface area contributed by atoms with Gasteiger partial charge in [0.15, 0.2) is 0 Å². The fourth-order valence-corrected chi connectivity index (χ4v) is 3.91. The molecule has 0 saturated heterocycles. The van der Waals surface area contributed by atoms with Crippen molar-refractivity contribution in [1.29, 1.82) is 0 Å². The highest BCUT2D eigenvalue weighted by molar-refractivity contribution is 8.00. The van der Waals surface area contributed by atoms with Crippen LogP contribution in [0.4, 0.5) is 5.82 Å². The second-order valence-corrected chi connectivity index (χ2v) is 7.71. The number of thioether (sulfide) groups is 1. The fourth-order valence-electron chi connectivity index (χ4n) is 2.97. The maximum atomic E-state index is 12.6. The summed E-state index contributed by atoms with van der Waals surface area (Å²) in [5.74, 6) is -0.0913. The van der Waals surface area contributed by atoms with Gasteiger partial charge in [0.1, 0.15) is 10.8 Å². The van der Waals surface area contributed by atoms with E-state index < -0.39 is 5.91 Å². The first-order valence-electron chi connectivity index (χ1n) is 9.10. The lowest BCUT2D eigenvalue weighted by molar-refractivity contribution is -0.113. The SMILES string of the molecule is Cc1cc(NC(=O)CSc2nc(C)c(C)c(C)c2C(N)=O)n(-c2ccccc2)n1. The molecule has 1 aromatic carbocycles. The van der Waals surface area contributed by atoms with Gasteiger partial charge < -0.3 is 11.1 Å². The molecule has 150 valence electrons. The van der Waals surface area contributed by atoms with Crippen LogP contribution in [0.3, 0.4) is 0 Å². The summed E-state index contributed by atoms with van der Waals surface area (Å²) in [6.07, 6.45) is 0. The second-order valence-electron chi connectivity index (χ2n) is 6.75. The minimum absolute atomic E-state index is 0.0915. The van der Waals surface area contributed by atoms with Crippen molar-refractivity contribution in [2.45, 2.75) is 32.7 Å². The average Bonchev–Trinajstić information content (AvgIpc) is 3.04. The topological polar surface area (TPSA) is 103 Å². The molecule has 0 aliphatic heterocycles. The summed E-state index contributed by atoms with van der Waals surface area (Å²) in [4.78, 5) is 28.9. The Morgan fingerprint density at radius 3 is 2.45 bits per heavy atom. The molecular formula is C21H23N5O2S. The number of aromatic nitrogens is 3. The van der Waals surface area contributed by atoms with Crippen LogP contribution in [0.1, 0.15) is 32.9 Å². The summed E-state index contributed by atoms with van der Waals surface area (Å²) in [6.45, 7) is 7.48. The largest absolute Gasteiger partial charge is 0.366 e. The summed E-state index contributed by atoms with van der Waals surface area (Å²) in [7, 11) is 0. The van der Waals surface area contributed by atoms with Crippen molar-refractivity contribution < 1.29 is 9.59 Å². The van der Waals surface area contributed by atoms with Crippen molar-refractivity contribution in [3.05, 3.63) is 64.5 Å². The number of hydrogen-bond donors (Lipinski definition) is 2. The monoisotopic (exact) mass is 409 g/mol. The number of anilines is 1. The second kappa shape index (κ2) is 8.48. The highest BCUT2D eigenvalue weighted by Crippen LogP contribution is 2.27. The zero-order valence-corrected chi connectivity index (χ0v) is 17.6. The zero-order chi connectivity index (χ0) is 21.1. The predicted octanol–water partition coefficient (Wildman–Crippen LogP) is 3.33. The molecule has 0 atom stereocenters. The molecule has 0 bridgehead atoms. The average molecular weight is 410 g/mol. The highest BCUT2D eigenvalue weighted by Gasteiger charge is 2.19. The lowest BCUT2D eigenvalue weighted by atomic mass is 10.0. The van der Waals surface area contributed by atoms with Crippen molar-refractivity contribution >= 4 is 29.4 Å². The number of para-hydroxylation sites is 1. The van der Waals surface area contributed by atoms with Gasteiger partial charge in [0.25, 0.3) is 5.91 Å². The molecule has 0 fully saturated rings. The number of nitrogens with one attached hydrogen (secondary N) is 1. The van der Waals surface area contributed by atoms with E-state index in [0.29, 0.717) is 16.4 Å². The lowest BCUT2D eigenvalue weighted by Gasteiger charge is -2.13. The molecule has 2 amide bonds.